The number of rotatable bonds is 2. The molecule has 0 atom stereocenters. The van der Waals surface area contributed by atoms with Crippen molar-refractivity contribution in [2.75, 3.05) is 0 Å². The van der Waals surface area contributed by atoms with Gasteiger partial charge in [0.15, 0.2) is 4.80 Å². The molecule has 1 amide bonds. The Morgan fingerprint density at radius 2 is 2.00 bits per heavy atom. The molecule has 0 saturated carbocycles. The molecule has 1 aromatic carbocycles. The molecule has 3 aromatic rings. The van der Waals surface area contributed by atoms with Crippen LogP contribution in [0.5, 0.6) is 0 Å². The van der Waals surface area contributed by atoms with Crippen molar-refractivity contribution in [2.45, 2.75) is 0 Å². The second-order valence-corrected chi connectivity index (χ2v) is 5.32. The summed E-state index contributed by atoms with van der Waals surface area (Å²) in [4.78, 5) is 20.9. The van der Waals surface area contributed by atoms with Gasteiger partial charge in [0.05, 0.1) is 11.3 Å². The van der Waals surface area contributed by atoms with Gasteiger partial charge in [-0.25, -0.2) is 0 Å². The largest absolute Gasteiger partial charge is 0.319 e. The average Bonchev–Trinajstić information content (AvgIpc) is 2.90. The van der Waals surface area contributed by atoms with Gasteiger partial charge in [0.25, 0.3) is 5.91 Å². The lowest BCUT2D eigenvalue weighted by atomic mass is 10.2. The number of amides is 1. The highest BCUT2D eigenvalue weighted by atomic mass is 32.1. The number of carbonyl (C=O) groups excluding carboxylic acids is 1. The van der Waals surface area contributed by atoms with Crippen molar-refractivity contribution in [3.63, 3.8) is 0 Å². The Kier molecular flexibility index (Phi) is 3.75. The molecule has 0 fully saturated rings. The number of nitrogens with zero attached hydrogens (tertiary/aromatic N) is 3. The minimum Gasteiger partial charge on any atom is -0.319 e. The first kappa shape index (κ1) is 13.5. The van der Waals surface area contributed by atoms with Gasteiger partial charge in [-0.2, -0.15) is 4.99 Å². The molecule has 4 nitrogen and oxygen atoms in total. The molecule has 0 saturated heterocycles. The van der Waals surface area contributed by atoms with E-state index in [1.807, 2.05) is 47.3 Å². The standard InChI is InChI=1S/C16H13N3OS/c1-19-14(12-6-3-2-4-7-12)11-21-16(19)18-15(20)13-8-5-9-17-10-13/h2-11H,1H3/b18-16-. The number of hydrogen-bond acceptors (Lipinski definition) is 3. The first-order valence-electron chi connectivity index (χ1n) is 6.45. The number of carbonyl (C=O) groups is 1. The highest BCUT2D eigenvalue weighted by Gasteiger charge is 2.07. The Morgan fingerprint density at radius 3 is 2.71 bits per heavy atom. The van der Waals surface area contributed by atoms with E-state index >= 15 is 0 Å². The van der Waals surface area contributed by atoms with Crippen LogP contribution in [0.4, 0.5) is 0 Å². The van der Waals surface area contributed by atoms with Crippen LogP contribution < -0.4 is 4.80 Å². The van der Waals surface area contributed by atoms with Crippen LogP contribution in [-0.4, -0.2) is 15.5 Å². The predicted molar refractivity (Wildman–Crippen MR) is 82.9 cm³/mol. The third-order valence-electron chi connectivity index (χ3n) is 3.10. The molecule has 0 bridgehead atoms. The van der Waals surface area contributed by atoms with Gasteiger partial charge >= 0.3 is 0 Å². The maximum absolute atomic E-state index is 12.1. The summed E-state index contributed by atoms with van der Waals surface area (Å²) in [5, 5.41) is 2.00. The fourth-order valence-corrected chi connectivity index (χ4v) is 2.89. The fraction of sp³-hybridized carbons (Fsp3) is 0.0625. The second-order valence-electron chi connectivity index (χ2n) is 4.49. The average molecular weight is 295 g/mol. The van der Waals surface area contributed by atoms with E-state index < -0.39 is 0 Å². The van der Waals surface area contributed by atoms with Crippen LogP contribution in [0.1, 0.15) is 10.4 Å². The maximum atomic E-state index is 12.1. The van der Waals surface area contributed by atoms with Crippen molar-refractivity contribution in [1.82, 2.24) is 9.55 Å². The molecule has 5 heteroatoms. The molecule has 0 aliphatic heterocycles. The highest BCUT2D eigenvalue weighted by Crippen LogP contribution is 2.18. The molecule has 3 rings (SSSR count). The van der Waals surface area contributed by atoms with Crippen LogP contribution >= 0.6 is 11.3 Å². The Balaban J connectivity index is 2.00. The Labute approximate surface area is 126 Å². The molecule has 0 N–H and O–H groups in total. The van der Waals surface area contributed by atoms with Crippen LogP contribution in [0.2, 0.25) is 0 Å². The summed E-state index contributed by atoms with van der Waals surface area (Å²) < 4.78 is 1.92. The number of pyridine rings is 1. The van der Waals surface area contributed by atoms with Gasteiger partial charge in [0.2, 0.25) is 0 Å². The zero-order valence-corrected chi connectivity index (χ0v) is 12.2. The summed E-state index contributed by atoms with van der Waals surface area (Å²) in [6, 6.07) is 13.5. The minimum absolute atomic E-state index is 0.278. The lowest BCUT2D eigenvalue weighted by Crippen LogP contribution is -2.14. The summed E-state index contributed by atoms with van der Waals surface area (Å²) in [5.74, 6) is -0.278. The molecule has 0 aliphatic carbocycles. The van der Waals surface area contributed by atoms with Crippen molar-refractivity contribution in [3.05, 3.63) is 70.6 Å². The van der Waals surface area contributed by atoms with Gasteiger partial charge in [0, 0.05) is 24.8 Å². The molecule has 0 unspecified atom stereocenters. The SMILES string of the molecule is Cn1c(-c2ccccc2)cs/c1=N\C(=O)c1cccnc1. The molecule has 0 spiro atoms. The Bertz CT molecular complexity index is 819. The third kappa shape index (κ3) is 2.83. The zero-order chi connectivity index (χ0) is 14.7. The summed E-state index contributed by atoms with van der Waals surface area (Å²) in [5.41, 5.74) is 2.64. The van der Waals surface area contributed by atoms with E-state index in [2.05, 4.69) is 9.98 Å². The van der Waals surface area contributed by atoms with Gasteiger partial charge in [-0.1, -0.05) is 30.3 Å². The van der Waals surface area contributed by atoms with Crippen LogP contribution in [-0.2, 0) is 7.05 Å². The molecular formula is C16H13N3OS. The highest BCUT2D eigenvalue weighted by molar-refractivity contribution is 7.07. The van der Waals surface area contributed by atoms with E-state index in [-0.39, 0.29) is 5.91 Å². The smallest absolute Gasteiger partial charge is 0.281 e. The number of benzene rings is 1. The molecular weight excluding hydrogens is 282 g/mol. The van der Waals surface area contributed by atoms with Crippen molar-refractivity contribution < 1.29 is 4.79 Å². The molecule has 0 aliphatic rings. The van der Waals surface area contributed by atoms with Crippen LogP contribution in [0.15, 0.2) is 65.2 Å². The first-order valence-corrected chi connectivity index (χ1v) is 7.33. The summed E-state index contributed by atoms with van der Waals surface area (Å²) >= 11 is 1.45. The van der Waals surface area contributed by atoms with E-state index in [1.165, 1.54) is 17.5 Å². The molecule has 104 valence electrons. The lowest BCUT2D eigenvalue weighted by Gasteiger charge is -2.01. The maximum Gasteiger partial charge on any atom is 0.281 e. The topological polar surface area (TPSA) is 47.2 Å². The minimum atomic E-state index is -0.278. The van der Waals surface area contributed by atoms with Crippen molar-refractivity contribution >= 4 is 17.2 Å². The number of aromatic nitrogens is 2. The van der Waals surface area contributed by atoms with Crippen molar-refractivity contribution in [2.24, 2.45) is 12.0 Å². The first-order chi connectivity index (χ1) is 10.3. The summed E-state index contributed by atoms with van der Waals surface area (Å²) in [6.07, 6.45) is 3.16. The van der Waals surface area contributed by atoms with E-state index in [0.717, 1.165) is 11.3 Å². The van der Waals surface area contributed by atoms with E-state index in [9.17, 15) is 4.79 Å². The predicted octanol–water partition coefficient (Wildman–Crippen LogP) is 2.89. The van der Waals surface area contributed by atoms with Crippen LogP contribution in [0, 0.1) is 0 Å². The molecule has 2 aromatic heterocycles. The van der Waals surface area contributed by atoms with E-state index in [4.69, 9.17) is 0 Å². The number of thiazole rings is 1. The van der Waals surface area contributed by atoms with Gasteiger partial charge in [-0.3, -0.25) is 9.78 Å². The summed E-state index contributed by atoms with van der Waals surface area (Å²) in [7, 11) is 1.91. The third-order valence-corrected chi connectivity index (χ3v) is 4.02. The van der Waals surface area contributed by atoms with Crippen LogP contribution in [0.25, 0.3) is 11.3 Å². The van der Waals surface area contributed by atoms with Gasteiger partial charge in [-0.05, 0) is 17.7 Å². The lowest BCUT2D eigenvalue weighted by molar-refractivity contribution is 0.0997. The van der Waals surface area contributed by atoms with E-state index in [1.54, 1.807) is 18.3 Å². The monoisotopic (exact) mass is 295 g/mol. The Hall–Kier alpha value is -2.53. The molecule has 21 heavy (non-hydrogen) atoms. The summed E-state index contributed by atoms with van der Waals surface area (Å²) in [6.45, 7) is 0. The van der Waals surface area contributed by atoms with Gasteiger partial charge in [-0.15, -0.1) is 11.3 Å². The Morgan fingerprint density at radius 1 is 1.19 bits per heavy atom. The van der Waals surface area contributed by atoms with Crippen molar-refractivity contribution in [3.8, 4) is 11.3 Å². The number of hydrogen-bond donors (Lipinski definition) is 0. The zero-order valence-electron chi connectivity index (χ0n) is 11.4. The van der Waals surface area contributed by atoms with E-state index in [0.29, 0.717) is 10.4 Å². The normalized spacial score (nSPS) is 11.6. The second kappa shape index (κ2) is 5.85. The van der Waals surface area contributed by atoms with Crippen LogP contribution in [0.3, 0.4) is 0 Å². The van der Waals surface area contributed by atoms with Gasteiger partial charge < -0.3 is 4.57 Å². The van der Waals surface area contributed by atoms with Gasteiger partial charge in [0.1, 0.15) is 0 Å². The quantitative estimate of drug-likeness (QED) is 0.730. The van der Waals surface area contributed by atoms with Crippen molar-refractivity contribution in [1.29, 1.82) is 0 Å². The molecule has 2 heterocycles. The fourth-order valence-electron chi connectivity index (χ4n) is 1.98. The molecule has 0 radical (unpaired) electrons.